The van der Waals surface area contributed by atoms with Crippen LogP contribution in [0.5, 0.6) is 0 Å². The fourth-order valence-corrected chi connectivity index (χ4v) is 3.12. The molecule has 0 saturated heterocycles. The van der Waals surface area contributed by atoms with Crippen molar-refractivity contribution in [2.45, 2.75) is 52.6 Å². The van der Waals surface area contributed by atoms with Crippen molar-refractivity contribution in [3.8, 4) is 0 Å². The number of nitrogens with one attached hydrogen (secondary N) is 1. The van der Waals surface area contributed by atoms with Crippen molar-refractivity contribution in [3.05, 3.63) is 70.2 Å². The Bertz CT molecular complexity index is 789. The van der Waals surface area contributed by atoms with Gasteiger partial charge in [-0.05, 0) is 37.5 Å². The summed E-state index contributed by atoms with van der Waals surface area (Å²) in [4.78, 5) is 27.3. The van der Waals surface area contributed by atoms with Crippen molar-refractivity contribution < 1.29 is 9.59 Å². The number of hydrogen-bond acceptors (Lipinski definition) is 2. The van der Waals surface area contributed by atoms with Gasteiger partial charge in [-0.15, -0.1) is 0 Å². The normalized spacial score (nSPS) is 11.7. The van der Waals surface area contributed by atoms with Crippen LogP contribution in [0.1, 0.15) is 43.4 Å². The average molecular weight is 401 g/mol. The van der Waals surface area contributed by atoms with Crippen LogP contribution in [0.25, 0.3) is 0 Å². The monoisotopic (exact) mass is 400 g/mol. The Morgan fingerprint density at radius 2 is 1.79 bits per heavy atom. The maximum Gasteiger partial charge on any atom is 0.242 e. The molecule has 0 aliphatic carbocycles. The fraction of sp³-hybridized carbons (Fsp3) is 0.391. The van der Waals surface area contributed by atoms with Crippen molar-refractivity contribution in [2.24, 2.45) is 0 Å². The van der Waals surface area contributed by atoms with Crippen LogP contribution in [0, 0.1) is 6.92 Å². The number of amides is 2. The number of hydrogen-bond donors (Lipinski definition) is 1. The van der Waals surface area contributed by atoms with Gasteiger partial charge in [0.2, 0.25) is 11.8 Å². The summed E-state index contributed by atoms with van der Waals surface area (Å²) in [6.07, 6.45) is 2.09. The smallest absolute Gasteiger partial charge is 0.242 e. The van der Waals surface area contributed by atoms with Gasteiger partial charge in [0.05, 0.1) is 6.42 Å². The van der Waals surface area contributed by atoms with Crippen LogP contribution in [0.3, 0.4) is 0 Å². The van der Waals surface area contributed by atoms with E-state index in [2.05, 4.69) is 12.2 Å². The number of aryl methyl sites for hydroxylation is 1. The largest absolute Gasteiger partial charge is 0.354 e. The van der Waals surface area contributed by atoms with Crippen molar-refractivity contribution >= 4 is 23.4 Å². The molecule has 0 unspecified atom stereocenters. The first-order chi connectivity index (χ1) is 13.4. The summed E-state index contributed by atoms with van der Waals surface area (Å²) in [6, 6.07) is 14.8. The highest BCUT2D eigenvalue weighted by molar-refractivity contribution is 6.31. The summed E-state index contributed by atoms with van der Waals surface area (Å²) in [5.41, 5.74) is 2.91. The van der Waals surface area contributed by atoms with Crippen LogP contribution in [-0.4, -0.2) is 29.3 Å². The fourth-order valence-electron chi connectivity index (χ4n) is 2.92. The van der Waals surface area contributed by atoms with Crippen molar-refractivity contribution in [1.82, 2.24) is 10.2 Å². The zero-order chi connectivity index (χ0) is 20.5. The van der Waals surface area contributed by atoms with Crippen LogP contribution in [0.4, 0.5) is 0 Å². The predicted molar refractivity (Wildman–Crippen MR) is 114 cm³/mol. The number of halogens is 1. The molecule has 4 nitrogen and oxygen atoms in total. The topological polar surface area (TPSA) is 49.4 Å². The quantitative estimate of drug-likeness (QED) is 0.629. The molecule has 0 spiro atoms. The van der Waals surface area contributed by atoms with Crippen LogP contribution in [-0.2, 0) is 22.6 Å². The van der Waals surface area contributed by atoms with E-state index in [-0.39, 0.29) is 18.2 Å². The second-order valence-corrected chi connectivity index (χ2v) is 7.50. The lowest BCUT2D eigenvalue weighted by atomic mass is 10.1. The Kier molecular flexibility index (Phi) is 8.52. The van der Waals surface area contributed by atoms with E-state index in [0.717, 1.165) is 29.5 Å². The molecule has 5 heteroatoms. The van der Waals surface area contributed by atoms with Crippen molar-refractivity contribution in [2.75, 3.05) is 6.54 Å². The van der Waals surface area contributed by atoms with Crippen molar-refractivity contribution in [1.29, 1.82) is 0 Å². The Hall–Kier alpha value is -2.33. The van der Waals surface area contributed by atoms with Gasteiger partial charge in [-0.3, -0.25) is 9.59 Å². The van der Waals surface area contributed by atoms with Crippen LogP contribution >= 0.6 is 11.6 Å². The molecule has 0 aromatic heterocycles. The highest BCUT2D eigenvalue weighted by Crippen LogP contribution is 2.18. The molecule has 0 saturated carbocycles. The van der Waals surface area contributed by atoms with Gasteiger partial charge in [0.25, 0.3) is 0 Å². The number of unbranched alkanes of at least 4 members (excludes halogenated alkanes) is 1. The second-order valence-electron chi connectivity index (χ2n) is 7.10. The summed E-state index contributed by atoms with van der Waals surface area (Å²) in [5, 5.41) is 3.49. The molecule has 1 N–H and O–H groups in total. The molecule has 0 heterocycles. The van der Waals surface area contributed by atoms with E-state index in [4.69, 9.17) is 11.6 Å². The third-order valence-corrected chi connectivity index (χ3v) is 5.14. The number of nitrogens with zero attached hydrogens (tertiary/aromatic N) is 1. The third-order valence-electron chi connectivity index (χ3n) is 4.77. The molecule has 2 rings (SSSR count). The van der Waals surface area contributed by atoms with Gasteiger partial charge in [-0.25, -0.2) is 0 Å². The van der Waals surface area contributed by atoms with Gasteiger partial charge in [-0.1, -0.05) is 73.0 Å². The Labute approximate surface area is 172 Å². The molecule has 2 aromatic rings. The Balaban J connectivity index is 2.18. The minimum atomic E-state index is -0.562. The lowest BCUT2D eigenvalue weighted by molar-refractivity contribution is -0.140. The molecule has 2 amide bonds. The molecule has 0 bridgehead atoms. The molecule has 0 radical (unpaired) electrons. The van der Waals surface area contributed by atoms with E-state index in [1.807, 2.05) is 49.4 Å². The first-order valence-electron chi connectivity index (χ1n) is 9.78. The summed E-state index contributed by atoms with van der Waals surface area (Å²) < 4.78 is 0. The van der Waals surface area contributed by atoms with E-state index in [9.17, 15) is 9.59 Å². The van der Waals surface area contributed by atoms with E-state index in [1.165, 1.54) is 0 Å². The minimum absolute atomic E-state index is 0.119. The highest BCUT2D eigenvalue weighted by atomic mass is 35.5. The van der Waals surface area contributed by atoms with Crippen LogP contribution < -0.4 is 5.32 Å². The van der Waals surface area contributed by atoms with E-state index in [1.54, 1.807) is 17.9 Å². The number of rotatable bonds is 9. The molecule has 28 heavy (non-hydrogen) atoms. The number of benzene rings is 2. The molecule has 1 atom stereocenters. The zero-order valence-corrected chi connectivity index (χ0v) is 17.6. The van der Waals surface area contributed by atoms with E-state index < -0.39 is 6.04 Å². The molecule has 0 aliphatic heterocycles. The maximum absolute atomic E-state index is 13.1. The zero-order valence-electron chi connectivity index (χ0n) is 16.9. The summed E-state index contributed by atoms with van der Waals surface area (Å²) in [6.45, 7) is 6.88. The average Bonchev–Trinajstić information content (AvgIpc) is 2.68. The third kappa shape index (κ3) is 6.38. The Morgan fingerprint density at radius 3 is 2.43 bits per heavy atom. The van der Waals surface area contributed by atoms with Gasteiger partial charge in [-0.2, -0.15) is 0 Å². The van der Waals surface area contributed by atoms with E-state index >= 15 is 0 Å². The standard InChI is InChI=1S/C23H29ClN2O2/c1-4-5-14-25-23(28)18(3)26(16-19-12-10-17(2)11-13-19)22(27)15-20-8-6-7-9-21(20)24/h6-13,18H,4-5,14-16H2,1-3H3,(H,25,28)/t18-/m0/s1. The lowest BCUT2D eigenvalue weighted by Crippen LogP contribution is -2.48. The summed E-state index contributed by atoms with van der Waals surface area (Å²) in [5.74, 6) is -0.250. The molecular weight excluding hydrogens is 372 g/mol. The number of carbonyl (C=O) groups is 2. The molecule has 2 aromatic carbocycles. The molecule has 0 aliphatic rings. The van der Waals surface area contributed by atoms with Gasteiger partial charge >= 0.3 is 0 Å². The first kappa shape index (κ1) is 22.0. The van der Waals surface area contributed by atoms with E-state index in [0.29, 0.717) is 18.1 Å². The van der Waals surface area contributed by atoms with Gasteiger partial charge in [0.15, 0.2) is 0 Å². The van der Waals surface area contributed by atoms with Crippen LogP contribution in [0.2, 0.25) is 5.02 Å². The SMILES string of the molecule is CCCCNC(=O)[C@H](C)N(Cc1ccc(C)cc1)C(=O)Cc1ccccc1Cl. The minimum Gasteiger partial charge on any atom is -0.354 e. The predicted octanol–water partition coefficient (Wildman–Crippen LogP) is 4.52. The van der Waals surface area contributed by atoms with Gasteiger partial charge in [0, 0.05) is 18.1 Å². The first-order valence-corrected chi connectivity index (χ1v) is 10.2. The summed E-state index contributed by atoms with van der Waals surface area (Å²) >= 11 is 6.23. The van der Waals surface area contributed by atoms with Gasteiger partial charge in [0.1, 0.15) is 6.04 Å². The molecule has 0 fully saturated rings. The van der Waals surface area contributed by atoms with Gasteiger partial charge < -0.3 is 10.2 Å². The van der Waals surface area contributed by atoms with Crippen LogP contribution in [0.15, 0.2) is 48.5 Å². The maximum atomic E-state index is 13.1. The highest BCUT2D eigenvalue weighted by Gasteiger charge is 2.26. The molecule has 150 valence electrons. The number of carbonyl (C=O) groups excluding carboxylic acids is 2. The lowest BCUT2D eigenvalue weighted by Gasteiger charge is -2.29. The molecular formula is C23H29ClN2O2. The second kappa shape index (κ2) is 10.9. The summed E-state index contributed by atoms with van der Waals surface area (Å²) in [7, 11) is 0. The Morgan fingerprint density at radius 1 is 1.11 bits per heavy atom. The van der Waals surface area contributed by atoms with Crippen molar-refractivity contribution in [3.63, 3.8) is 0 Å².